The van der Waals surface area contributed by atoms with Crippen molar-refractivity contribution in [2.45, 2.75) is 20.0 Å². The van der Waals surface area contributed by atoms with Crippen molar-refractivity contribution in [3.05, 3.63) is 71.3 Å². The van der Waals surface area contributed by atoms with Gasteiger partial charge in [0, 0.05) is 24.7 Å². The Kier molecular flexibility index (Phi) is 7.23. The Morgan fingerprint density at radius 2 is 1.92 bits per heavy atom. The smallest absolute Gasteiger partial charge is 0.244 e. The van der Waals surface area contributed by atoms with Crippen molar-refractivity contribution >= 4 is 12.0 Å². The maximum absolute atomic E-state index is 12.1. The zero-order valence-corrected chi connectivity index (χ0v) is 15.2. The maximum Gasteiger partial charge on any atom is 0.244 e. The summed E-state index contributed by atoms with van der Waals surface area (Å²) in [6.07, 6.45) is 3.30. The lowest BCUT2D eigenvalue weighted by Crippen LogP contribution is -2.20. The van der Waals surface area contributed by atoms with Crippen molar-refractivity contribution in [2.75, 3.05) is 20.7 Å². The standard InChI is InChI=1S/C21H26N2O2/c1-4-23(2)16-18-9-7-8-17(14-18)15-22-21(24)13-12-19-10-5-6-11-20(19)25-3/h5-14H,4,15-16H2,1-3H3,(H,22,24)/b13-12+. The highest BCUT2D eigenvalue weighted by Gasteiger charge is 2.02. The minimum atomic E-state index is -0.123. The highest BCUT2D eigenvalue weighted by Crippen LogP contribution is 2.18. The summed E-state index contributed by atoms with van der Waals surface area (Å²) >= 11 is 0. The number of hydrogen-bond donors (Lipinski definition) is 1. The number of hydrogen-bond acceptors (Lipinski definition) is 3. The molecule has 0 aliphatic rings. The lowest BCUT2D eigenvalue weighted by molar-refractivity contribution is -0.116. The van der Waals surface area contributed by atoms with Crippen LogP contribution in [0.2, 0.25) is 0 Å². The third-order valence-corrected chi connectivity index (χ3v) is 4.00. The molecule has 25 heavy (non-hydrogen) atoms. The predicted molar refractivity (Wildman–Crippen MR) is 102 cm³/mol. The third kappa shape index (κ3) is 6.08. The largest absolute Gasteiger partial charge is 0.496 e. The molecule has 132 valence electrons. The summed E-state index contributed by atoms with van der Waals surface area (Å²) in [6, 6.07) is 15.9. The fourth-order valence-corrected chi connectivity index (χ4v) is 2.48. The SMILES string of the molecule is CCN(C)Cc1cccc(CNC(=O)/C=C/c2ccccc2OC)c1. The van der Waals surface area contributed by atoms with Crippen LogP contribution in [0.4, 0.5) is 0 Å². The molecule has 4 nitrogen and oxygen atoms in total. The number of para-hydroxylation sites is 1. The monoisotopic (exact) mass is 338 g/mol. The Bertz CT molecular complexity index is 725. The molecule has 0 saturated carbocycles. The summed E-state index contributed by atoms with van der Waals surface area (Å²) < 4.78 is 5.27. The van der Waals surface area contributed by atoms with Crippen LogP contribution in [0.1, 0.15) is 23.6 Å². The number of nitrogens with zero attached hydrogens (tertiary/aromatic N) is 1. The van der Waals surface area contributed by atoms with Gasteiger partial charge in [0.2, 0.25) is 5.91 Å². The van der Waals surface area contributed by atoms with E-state index in [-0.39, 0.29) is 5.91 Å². The average Bonchev–Trinajstić information content (AvgIpc) is 2.65. The molecule has 0 bridgehead atoms. The van der Waals surface area contributed by atoms with Crippen LogP contribution in [0.15, 0.2) is 54.6 Å². The van der Waals surface area contributed by atoms with Gasteiger partial charge in [-0.15, -0.1) is 0 Å². The predicted octanol–water partition coefficient (Wildman–Crippen LogP) is 3.48. The summed E-state index contributed by atoms with van der Waals surface area (Å²) in [5.74, 6) is 0.626. The van der Waals surface area contributed by atoms with Crippen LogP contribution in [0.5, 0.6) is 5.75 Å². The quantitative estimate of drug-likeness (QED) is 0.749. The van der Waals surface area contributed by atoms with Gasteiger partial charge in [0.1, 0.15) is 5.75 Å². The summed E-state index contributed by atoms with van der Waals surface area (Å²) in [5, 5.41) is 2.92. The van der Waals surface area contributed by atoms with Crippen LogP contribution < -0.4 is 10.1 Å². The first-order valence-corrected chi connectivity index (χ1v) is 8.47. The number of benzene rings is 2. The maximum atomic E-state index is 12.1. The van der Waals surface area contributed by atoms with E-state index in [0.29, 0.717) is 6.54 Å². The Hall–Kier alpha value is -2.59. The Labute approximate surface area is 150 Å². The summed E-state index contributed by atoms with van der Waals surface area (Å²) in [6.45, 7) is 4.57. The lowest BCUT2D eigenvalue weighted by Gasteiger charge is -2.14. The molecular formula is C21H26N2O2. The van der Waals surface area contributed by atoms with Crippen LogP contribution in [-0.4, -0.2) is 31.5 Å². The second-order valence-corrected chi connectivity index (χ2v) is 5.94. The first kappa shape index (κ1) is 18.7. The van der Waals surface area contributed by atoms with E-state index in [9.17, 15) is 4.79 Å². The van der Waals surface area contributed by atoms with Gasteiger partial charge in [-0.05, 0) is 36.9 Å². The van der Waals surface area contributed by atoms with Crippen LogP contribution in [0.3, 0.4) is 0 Å². The summed E-state index contributed by atoms with van der Waals surface area (Å²) in [7, 11) is 3.72. The Morgan fingerprint density at radius 3 is 2.68 bits per heavy atom. The molecule has 2 rings (SSSR count). The third-order valence-electron chi connectivity index (χ3n) is 4.00. The van der Waals surface area contributed by atoms with E-state index in [1.165, 1.54) is 11.6 Å². The van der Waals surface area contributed by atoms with E-state index >= 15 is 0 Å². The van der Waals surface area contributed by atoms with Crippen LogP contribution in [0.25, 0.3) is 6.08 Å². The fourth-order valence-electron chi connectivity index (χ4n) is 2.48. The lowest BCUT2D eigenvalue weighted by atomic mass is 10.1. The van der Waals surface area contributed by atoms with Crippen molar-refractivity contribution in [1.29, 1.82) is 0 Å². The first-order valence-electron chi connectivity index (χ1n) is 8.47. The van der Waals surface area contributed by atoms with Crippen molar-refractivity contribution in [3.63, 3.8) is 0 Å². The molecule has 1 amide bonds. The molecule has 0 aliphatic heterocycles. The van der Waals surface area contributed by atoms with Gasteiger partial charge in [-0.1, -0.05) is 49.4 Å². The number of amides is 1. The van der Waals surface area contributed by atoms with Crippen molar-refractivity contribution in [1.82, 2.24) is 10.2 Å². The molecule has 0 aromatic heterocycles. The van der Waals surface area contributed by atoms with Gasteiger partial charge < -0.3 is 15.0 Å². The Balaban J connectivity index is 1.91. The second-order valence-electron chi connectivity index (χ2n) is 5.94. The number of nitrogens with one attached hydrogen (secondary N) is 1. The number of ether oxygens (including phenoxy) is 1. The molecule has 4 heteroatoms. The van der Waals surface area contributed by atoms with E-state index in [0.717, 1.165) is 30.0 Å². The Morgan fingerprint density at radius 1 is 1.16 bits per heavy atom. The van der Waals surface area contributed by atoms with Gasteiger partial charge in [0.25, 0.3) is 0 Å². The average molecular weight is 338 g/mol. The van der Waals surface area contributed by atoms with E-state index in [1.807, 2.05) is 36.4 Å². The molecule has 0 unspecified atom stereocenters. The summed E-state index contributed by atoms with van der Waals surface area (Å²) in [5.41, 5.74) is 3.23. The topological polar surface area (TPSA) is 41.6 Å². The van der Waals surface area contributed by atoms with Crippen LogP contribution >= 0.6 is 0 Å². The molecule has 0 heterocycles. The van der Waals surface area contributed by atoms with Gasteiger partial charge in [0.15, 0.2) is 0 Å². The van der Waals surface area contributed by atoms with E-state index in [2.05, 4.69) is 36.3 Å². The highest BCUT2D eigenvalue weighted by molar-refractivity contribution is 5.92. The molecular weight excluding hydrogens is 312 g/mol. The second kappa shape index (κ2) is 9.64. The van der Waals surface area contributed by atoms with Gasteiger partial charge >= 0.3 is 0 Å². The molecule has 0 spiro atoms. The molecule has 0 aliphatic carbocycles. The number of methoxy groups -OCH3 is 1. The van der Waals surface area contributed by atoms with E-state index in [1.54, 1.807) is 13.2 Å². The molecule has 2 aromatic rings. The van der Waals surface area contributed by atoms with Gasteiger partial charge in [0.05, 0.1) is 7.11 Å². The zero-order chi connectivity index (χ0) is 18.1. The van der Waals surface area contributed by atoms with Crippen LogP contribution in [-0.2, 0) is 17.9 Å². The minimum Gasteiger partial charge on any atom is -0.496 e. The van der Waals surface area contributed by atoms with Gasteiger partial charge in [-0.25, -0.2) is 0 Å². The molecule has 0 radical (unpaired) electrons. The highest BCUT2D eigenvalue weighted by atomic mass is 16.5. The number of carbonyl (C=O) groups excluding carboxylic acids is 1. The minimum absolute atomic E-state index is 0.123. The molecule has 0 saturated heterocycles. The molecule has 2 aromatic carbocycles. The number of carbonyl (C=O) groups is 1. The first-order chi connectivity index (χ1) is 12.1. The molecule has 0 fully saturated rings. The molecule has 0 atom stereocenters. The van der Waals surface area contributed by atoms with Crippen molar-refractivity contribution < 1.29 is 9.53 Å². The van der Waals surface area contributed by atoms with Gasteiger partial charge in [-0.2, -0.15) is 0 Å². The fraction of sp³-hybridized carbons (Fsp3) is 0.286. The molecule has 1 N–H and O–H groups in total. The van der Waals surface area contributed by atoms with Crippen molar-refractivity contribution in [2.24, 2.45) is 0 Å². The van der Waals surface area contributed by atoms with Crippen LogP contribution in [0, 0.1) is 0 Å². The zero-order valence-electron chi connectivity index (χ0n) is 15.2. The number of rotatable bonds is 8. The van der Waals surface area contributed by atoms with E-state index < -0.39 is 0 Å². The van der Waals surface area contributed by atoms with Crippen molar-refractivity contribution in [3.8, 4) is 5.75 Å². The van der Waals surface area contributed by atoms with Gasteiger partial charge in [-0.3, -0.25) is 4.79 Å². The summed E-state index contributed by atoms with van der Waals surface area (Å²) in [4.78, 5) is 14.3. The van der Waals surface area contributed by atoms with E-state index in [4.69, 9.17) is 4.74 Å². The normalized spacial score (nSPS) is 11.0.